The molecule has 3 aromatic rings. The first-order chi connectivity index (χ1) is 10.4. The summed E-state index contributed by atoms with van der Waals surface area (Å²) in [4.78, 5) is 8.33. The average molecular weight is 283 g/mol. The van der Waals surface area contributed by atoms with Crippen LogP contribution >= 0.6 is 0 Å². The van der Waals surface area contributed by atoms with Gasteiger partial charge in [0.05, 0.1) is 18.1 Å². The van der Waals surface area contributed by atoms with Gasteiger partial charge in [-0.3, -0.25) is 5.10 Å². The molecular formula is C14H13N5O2. The van der Waals surface area contributed by atoms with Crippen molar-refractivity contribution < 1.29 is 9.47 Å². The van der Waals surface area contributed by atoms with E-state index in [1.807, 2.05) is 24.3 Å². The summed E-state index contributed by atoms with van der Waals surface area (Å²) in [6, 6.07) is 7.66. The van der Waals surface area contributed by atoms with Crippen LogP contribution in [-0.2, 0) is 0 Å². The van der Waals surface area contributed by atoms with Gasteiger partial charge in [-0.25, -0.2) is 9.97 Å². The minimum absolute atomic E-state index is 0.0724. The lowest BCUT2D eigenvalue weighted by Crippen LogP contribution is -2.35. The van der Waals surface area contributed by atoms with Crippen LogP contribution in [-0.4, -0.2) is 39.4 Å². The average Bonchev–Trinajstić information content (AvgIpc) is 3.02. The lowest BCUT2D eigenvalue weighted by atomic mass is 10.2. The monoisotopic (exact) mass is 283 g/mol. The first kappa shape index (κ1) is 12.0. The number of aromatic amines is 1. The second kappa shape index (κ2) is 4.93. The summed E-state index contributed by atoms with van der Waals surface area (Å²) in [5, 5.41) is 10.9. The summed E-state index contributed by atoms with van der Waals surface area (Å²) in [5.74, 6) is 2.29. The van der Waals surface area contributed by atoms with Crippen LogP contribution < -0.4 is 14.8 Å². The highest BCUT2D eigenvalue weighted by Crippen LogP contribution is 2.30. The zero-order valence-electron chi connectivity index (χ0n) is 11.1. The van der Waals surface area contributed by atoms with Crippen LogP contribution in [0.1, 0.15) is 0 Å². The largest absolute Gasteiger partial charge is 0.486 e. The maximum Gasteiger partial charge on any atom is 0.161 e. The minimum Gasteiger partial charge on any atom is -0.486 e. The van der Waals surface area contributed by atoms with Gasteiger partial charge in [0.2, 0.25) is 0 Å². The Balaban J connectivity index is 1.47. The molecule has 3 heterocycles. The molecule has 2 aromatic heterocycles. The van der Waals surface area contributed by atoms with Crippen LogP contribution in [0.4, 0.5) is 5.82 Å². The van der Waals surface area contributed by atoms with Gasteiger partial charge >= 0.3 is 0 Å². The lowest BCUT2D eigenvalue weighted by molar-refractivity contribution is 0.0997. The number of anilines is 1. The van der Waals surface area contributed by atoms with Crippen molar-refractivity contribution in [1.82, 2.24) is 20.2 Å². The summed E-state index contributed by atoms with van der Waals surface area (Å²) >= 11 is 0. The molecule has 21 heavy (non-hydrogen) atoms. The second-order valence-electron chi connectivity index (χ2n) is 4.73. The number of benzene rings is 1. The maximum atomic E-state index is 5.89. The zero-order valence-corrected chi connectivity index (χ0v) is 11.1. The molecule has 7 heteroatoms. The van der Waals surface area contributed by atoms with Gasteiger partial charge in [-0.1, -0.05) is 12.1 Å². The third-order valence-corrected chi connectivity index (χ3v) is 3.31. The Morgan fingerprint density at radius 1 is 1.24 bits per heavy atom. The van der Waals surface area contributed by atoms with Crippen molar-refractivity contribution in [2.24, 2.45) is 0 Å². The van der Waals surface area contributed by atoms with Gasteiger partial charge in [0.25, 0.3) is 0 Å². The van der Waals surface area contributed by atoms with Gasteiger partial charge in [-0.2, -0.15) is 5.10 Å². The van der Waals surface area contributed by atoms with Crippen molar-refractivity contribution in [3.63, 3.8) is 0 Å². The molecule has 7 nitrogen and oxygen atoms in total. The van der Waals surface area contributed by atoms with E-state index in [0.29, 0.717) is 18.8 Å². The fourth-order valence-electron chi connectivity index (χ4n) is 2.28. The molecule has 2 N–H and O–H groups in total. The molecule has 0 radical (unpaired) electrons. The Labute approximate surface area is 120 Å². The van der Waals surface area contributed by atoms with Gasteiger partial charge in [0.1, 0.15) is 24.9 Å². The van der Waals surface area contributed by atoms with E-state index in [-0.39, 0.29) is 6.10 Å². The number of fused-ring (bicyclic) bond motifs is 2. The van der Waals surface area contributed by atoms with E-state index in [1.54, 1.807) is 6.20 Å². The van der Waals surface area contributed by atoms with Crippen LogP contribution in [0.15, 0.2) is 36.8 Å². The van der Waals surface area contributed by atoms with Crippen LogP contribution in [0, 0.1) is 0 Å². The fourth-order valence-corrected chi connectivity index (χ4v) is 2.28. The minimum atomic E-state index is -0.0724. The van der Waals surface area contributed by atoms with Gasteiger partial charge in [0, 0.05) is 0 Å². The van der Waals surface area contributed by atoms with Crippen LogP contribution in [0.2, 0.25) is 0 Å². The number of nitrogens with zero attached hydrogens (tertiary/aromatic N) is 3. The van der Waals surface area contributed by atoms with E-state index in [9.17, 15) is 0 Å². The molecule has 0 fully saturated rings. The molecule has 0 spiro atoms. The molecule has 1 aliphatic heterocycles. The summed E-state index contributed by atoms with van der Waals surface area (Å²) in [6.45, 7) is 1.09. The molecule has 1 aliphatic rings. The lowest BCUT2D eigenvalue weighted by Gasteiger charge is -2.26. The van der Waals surface area contributed by atoms with Gasteiger partial charge in [-0.15, -0.1) is 0 Å². The Morgan fingerprint density at radius 2 is 2.14 bits per heavy atom. The predicted octanol–water partition coefficient (Wildman–Crippen LogP) is 1.60. The third-order valence-electron chi connectivity index (χ3n) is 3.31. The standard InChI is InChI=1S/C14H13N5O2/c1-2-4-12-11(3-1)20-7-9(21-12)5-15-13-10-6-18-19-14(10)17-8-16-13/h1-4,6,8-9H,5,7H2,(H2,15,16,17,18,19)/t9-/m1/s1. The Hall–Kier alpha value is -2.83. The van der Waals surface area contributed by atoms with E-state index in [4.69, 9.17) is 9.47 Å². The molecule has 106 valence electrons. The Kier molecular flexibility index (Phi) is 2.81. The summed E-state index contributed by atoms with van der Waals surface area (Å²) in [5.41, 5.74) is 0.707. The van der Waals surface area contributed by atoms with Gasteiger partial charge in [0.15, 0.2) is 17.1 Å². The quantitative estimate of drug-likeness (QED) is 0.759. The van der Waals surface area contributed by atoms with Crippen molar-refractivity contribution in [3.8, 4) is 11.5 Å². The summed E-state index contributed by atoms with van der Waals surface area (Å²) < 4.78 is 11.6. The number of rotatable bonds is 3. The highest BCUT2D eigenvalue weighted by molar-refractivity contribution is 5.85. The SMILES string of the molecule is c1ccc2c(c1)OC[C@@H](CNc1ncnc3[nH]ncc13)O2. The number of H-pyrrole nitrogens is 1. The van der Waals surface area contributed by atoms with E-state index in [0.717, 1.165) is 22.7 Å². The van der Waals surface area contributed by atoms with Crippen LogP contribution in [0.3, 0.4) is 0 Å². The summed E-state index contributed by atoms with van der Waals surface area (Å²) in [7, 11) is 0. The van der Waals surface area contributed by atoms with Crippen molar-refractivity contribution >= 4 is 16.9 Å². The topological polar surface area (TPSA) is 85.0 Å². The number of ether oxygens (including phenoxy) is 2. The van der Waals surface area contributed by atoms with Crippen molar-refractivity contribution in [1.29, 1.82) is 0 Å². The Morgan fingerprint density at radius 3 is 3.10 bits per heavy atom. The molecule has 4 rings (SSSR count). The van der Waals surface area contributed by atoms with Crippen LogP contribution in [0.5, 0.6) is 11.5 Å². The van der Waals surface area contributed by atoms with Crippen molar-refractivity contribution in [2.45, 2.75) is 6.10 Å². The van der Waals surface area contributed by atoms with Crippen LogP contribution in [0.25, 0.3) is 11.0 Å². The molecule has 1 atom stereocenters. The van der Waals surface area contributed by atoms with E-state index in [1.165, 1.54) is 6.33 Å². The first-order valence-electron chi connectivity index (χ1n) is 6.66. The zero-order chi connectivity index (χ0) is 14.1. The highest BCUT2D eigenvalue weighted by Gasteiger charge is 2.20. The molecular weight excluding hydrogens is 270 g/mol. The predicted molar refractivity (Wildman–Crippen MR) is 76.5 cm³/mol. The highest BCUT2D eigenvalue weighted by atomic mass is 16.6. The third kappa shape index (κ3) is 2.22. The number of hydrogen-bond donors (Lipinski definition) is 2. The van der Waals surface area contributed by atoms with Gasteiger partial charge in [-0.05, 0) is 12.1 Å². The second-order valence-corrected chi connectivity index (χ2v) is 4.73. The molecule has 0 saturated carbocycles. The first-order valence-corrected chi connectivity index (χ1v) is 6.66. The van der Waals surface area contributed by atoms with Gasteiger partial charge < -0.3 is 14.8 Å². The van der Waals surface area contributed by atoms with E-state index < -0.39 is 0 Å². The van der Waals surface area contributed by atoms with E-state index >= 15 is 0 Å². The van der Waals surface area contributed by atoms with E-state index in [2.05, 4.69) is 25.5 Å². The number of aromatic nitrogens is 4. The number of hydrogen-bond acceptors (Lipinski definition) is 6. The summed E-state index contributed by atoms with van der Waals surface area (Å²) in [6.07, 6.45) is 3.12. The smallest absolute Gasteiger partial charge is 0.161 e. The molecule has 0 unspecified atom stereocenters. The maximum absolute atomic E-state index is 5.89. The molecule has 0 aliphatic carbocycles. The number of nitrogens with one attached hydrogen (secondary N) is 2. The molecule has 0 saturated heterocycles. The number of para-hydroxylation sites is 2. The molecule has 0 amide bonds. The molecule has 0 bridgehead atoms. The fraction of sp³-hybridized carbons (Fsp3) is 0.214. The molecule has 1 aromatic carbocycles. The Bertz CT molecular complexity index is 773. The normalized spacial score (nSPS) is 16.9. The van der Waals surface area contributed by atoms with Crippen molar-refractivity contribution in [3.05, 3.63) is 36.8 Å². The van der Waals surface area contributed by atoms with Crippen molar-refractivity contribution in [2.75, 3.05) is 18.5 Å².